The van der Waals surface area contributed by atoms with Gasteiger partial charge in [-0.2, -0.15) is 26.3 Å². The molecule has 0 aliphatic rings. The summed E-state index contributed by atoms with van der Waals surface area (Å²) in [6.07, 6.45) is -9.63. The van der Waals surface area contributed by atoms with E-state index in [1.54, 1.807) is 0 Å². The van der Waals surface area contributed by atoms with Crippen molar-refractivity contribution in [3.05, 3.63) is 18.2 Å². The lowest BCUT2D eigenvalue weighted by molar-refractivity contribution is -0.271. The molecule has 0 aliphatic heterocycles. The highest BCUT2D eigenvalue weighted by atomic mass is 19.4. The van der Waals surface area contributed by atoms with Crippen LogP contribution in [-0.2, 0) is 17.4 Å². The summed E-state index contributed by atoms with van der Waals surface area (Å²) in [6.45, 7) is -1.79. The molecule has 0 fully saturated rings. The van der Waals surface area contributed by atoms with Gasteiger partial charge in [0.1, 0.15) is 6.54 Å². The molecule has 0 spiro atoms. The summed E-state index contributed by atoms with van der Waals surface area (Å²) in [5.41, 5.74) is -3.68. The zero-order chi connectivity index (χ0) is 16.5. The summed E-state index contributed by atoms with van der Waals surface area (Å²) in [6, 6.07) is 0. The van der Waals surface area contributed by atoms with Crippen molar-refractivity contribution in [1.29, 1.82) is 0 Å². The van der Waals surface area contributed by atoms with E-state index in [9.17, 15) is 36.2 Å². The Morgan fingerprint density at radius 1 is 1.33 bits per heavy atom. The van der Waals surface area contributed by atoms with Gasteiger partial charge in [-0.05, 0) is 0 Å². The molecule has 21 heavy (non-hydrogen) atoms. The predicted molar refractivity (Wildman–Crippen MR) is 56.8 cm³/mol. The minimum Gasteiger partial charge on any atom is -0.374 e. The van der Waals surface area contributed by atoms with Gasteiger partial charge in [0, 0.05) is 19.4 Å². The van der Waals surface area contributed by atoms with Crippen molar-refractivity contribution >= 4 is 5.91 Å². The van der Waals surface area contributed by atoms with Crippen LogP contribution in [0.15, 0.2) is 12.4 Å². The predicted octanol–water partition coefficient (Wildman–Crippen LogP) is 1.24. The van der Waals surface area contributed by atoms with Crippen LogP contribution < -0.4 is 5.32 Å². The molecule has 0 aliphatic carbocycles. The second kappa shape index (κ2) is 5.54. The van der Waals surface area contributed by atoms with Crippen molar-refractivity contribution < 1.29 is 36.2 Å². The highest BCUT2D eigenvalue weighted by Crippen LogP contribution is 2.40. The van der Waals surface area contributed by atoms with Gasteiger partial charge in [-0.15, -0.1) is 0 Å². The summed E-state index contributed by atoms with van der Waals surface area (Å²) in [4.78, 5) is 14.6. The summed E-state index contributed by atoms with van der Waals surface area (Å²) in [5.74, 6) is -2.49. The molecule has 1 atom stereocenters. The van der Waals surface area contributed by atoms with Crippen molar-refractivity contribution in [1.82, 2.24) is 14.9 Å². The van der Waals surface area contributed by atoms with E-state index < -0.39 is 42.7 Å². The van der Waals surface area contributed by atoms with E-state index in [4.69, 9.17) is 0 Å². The molecule has 0 radical (unpaired) electrons. The number of hydrogen-bond donors (Lipinski definition) is 2. The second-order valence-electron chi connectivity index (χ2n) is 4.29. The van der Waals surface area contributed by atoms with Gasteiger partial charge in [-0.25, -0.2) is 4.98 Å². The third-order valence-electron chi connectivity index (χ3n) is 2.56. The molecule has 1 aromatic rings. The van der Waals surface area contributed by atoms with E-state index in [0.29, 0.717) is 0 Å². The molecule has 5 nitrogen and oxygen atoms in total. The molecule has 2 N–H and O–H groups in total. The number of aryl methyl sites for hydroxylation is 1. The Morgan fingerprint density at radius 2 is 1.90 bits per heavy atom. The molecular weight excluding hydrogens is 308 g/mol. The number of hydrogen-bond acceptors (Lipinski definition) is 3. The molecule has 1 aromatic heterocycles. The van der Waals surface area contributed by atoms with Crippen molar-refractivity contribution in [3.63, 3.8) is 0 Å². The van der Waals surface area contributed by atoms with Crippen LogP contribution in [0.4, 0.5) is 26.3 Å². The highest BCUT2D eigenvalue weighted by Gasteiger charge is 2.58. The number of amides is 1. The number of aliphatic hydroxyl groups is 1. The van der Waals surface area contributed by atoms with Gasteiger partial charge in [0.15, 0.2) is 5.82 Å². The van der Waals surface area contributed by atoms with E-state index in [2.05, 4.69) is 4.98 Å². The fourth-order valence-corrected chi connectivity index (χ4v) is 1.56. The number of imidazole rings is 1. The van der Waals surface area contributed by atoms with Gasteiger partial charge >= 0.3 is 12.4 Å². The van der Waals surface area contributed by atoms with Crippen molar-refractivity contribution in [2.75, 3.05) is 6.54 Å². The standard InChI is InChI=1S/C10H11F6N3O2/c1-19-3-2-17-7(19)8(21,10(14,15)16)4-6(20)18-5-9(11,12)13/h2-3,21H,4-5H2,1H3,(H,18,20). The van der Waals surface area contributed by atoms with Crippen LogP contribution in [0.25, 0.3) is 0 Å². The Morgan fingerprint density at radius 3 is 2.29 bits per heavy atom. The summed E-state index contributed by atoms with van der Waals surface area (Å²) in [7, 11) is 1.15. The Kier molecular flexibility index (Phi) is 4.56. The molecule has 0 aromatic carbocycles. The van der Waals surface area contributed by atoms with Crippen LogP contribution in [0.2, 0.25) is 0 Å². The Labute approximate surface area is 114 Å². The first kappa shape index (κ1) is 17.3. The summed E-state index contributed by atoms with van der Waals surface area (Å²) < 4.78 is 75.5. The first-order valence-electron chi connectivity index (χ1n) is 5.47. The van der Waals surface area contributed by atoms with Gasteiger partial charge in [0.05, 0.1) is 6.42 Å². The third-order valence-corrected chi connectivity index (χ3v) is 2.56. The van der Waals surface area contributed by atoms with Crippen molar-refractivity contribution in [2.24, 2.45) is 7.05 Å². The lowest BCUT2D eigenvalue weighted by Crippen LogP contribution is -2.48. The van der Waals surface area contributed by atoms with Gasteiger partial charge in [-0.3, -0.25) is 4.79 Å². The van der Waals surface area contributed by atoms with E-state index >= 15 is 0 Å². The van der Waals surface area contributed by atoms with Crippen LogP contribution in [0, 0.1) is 0 Å². The average Bonchev–Trinajstić information content (AvgIpc) is 2.70. The first-order valence-corrected chi connectivity index (χ1v) is 5.47. The lowest BCUT2D eigenvalue weighted by atomic mass is 9.97. The molecule has 0 saturated heterocycles. The van der Waals surface area contributed by atoms with E-state index in [-0.39, 0.29) is 0 Å². The number of alkyl halides is 6. The molecule has 0 bridgehead atoms. The van der Waals surface area contributed by atoms with Crippen LogP contribution in [0.5, 0.6) is 0 Å². The van der Waals surface area contributed by atoms with Gasteiger partial charge in [-0.1, -0.05) is 0 Å². The van der Waals surface area contributed by atoms with Crippen molar-refractivity contribution in [2.45, 2.75) is 24.4 Å². The molecular formula is C10H11F6N3O2. The SMILES string of the molecule is Cn1ccnc1C(O)(CC(=O)NCC(F)(F)F)C(F)(F)F. The number of aromatic nitrogens is 2. The Hall–Kier alpha value is -1.78. The summed E-state index contributed by atoms with van der Waals surface area (Å²) in [5, 5.41) is 11.0. The van der Waals surface area contributed by atoms with E-state index in [1.165, 1.54) is 5.32 Å². The largest absolute Gasteiger partial charge is 0.425 e. The first-order chi connectivity index (χ1) is 9.37. The van der Waals surface area contributed by atoms with E-state index in [0.717, 1.165) is 24.0 Å². The minimum atomic E-state index is -5.29. The van der Waals surface area contributed by atoms with Crippen LogP contribution in [-0.4, -0.2) is 39.5 Å². The second-order valence-corrected chi connectivity index (χ2v) is 4.29. The molecule has 0 saturated carbocycles. The number of nitrogens with zero attached hydrogens (tertiary/aromatic N) is 2. The maximum atomic E-state index is 13.0. The quantitative estimate of drug-likeness (QED) is 0.821. The smallest absolute Gasteiger partial charge is 0.374 e. The molecule has 1 amide bonds. The summed E-state index contributed by atoms with van der Waals surface area (Å²) >= 11 is 0. The van der Waals surface area contributed by atoms with Crippen LogP contribution in [0.1, 0.15) is 12.2 Å². The topological polar surface area (TPSA) is 67.1 Å². The normalized spacial score (nSPS) is 15.6. The van der Waals surface area contributed by atoms with Gasteiger partial charge in [0.25, 0.3) is 0 Å². The van der Waals surface area contributed by atoms with Crippen molar-refractivity contribution in [3.8, 4) is 0 Å². The fourth-order valence-electron chi connectivity index (χ4n) is 1.56. The lowest BCUT2D eigenvalue weighted by Gasteiger charge is -2.29. The van der Waals surface area contributed by atoms with Gasteiger partial charge < -0.3 is 15.0 Å². The maximum Gasteiger partial charge on any atom is 0.425 e. The van der Waals surface area contributed by atoms with Gasteiger partial charge in [0.2, 0.25) is 11.5 Å². The number of halogens is 6. The monoisotopic (exact) mass is 319 g/mol. The van der Waals surface area contributed by atoms with E-state index in [1.807, 2.05) is 0 Å². The maximum absolute atomic E-state index is 13.0. The number of rotatable bonds is 4. The zero-order valence-corrected chi connectivity index (χ0v) is 10.6. The molecule has 1 unspecified atom stereocenters. The van der Waals surface area contributed by atoms with Crippen LogP contribution >= 0.6 is 0 Å². The average molecular weight is 319 g/mol. The minimum absolute atomic E-state index is 0.824. The molecule has 11 heteroatoms. The Bertz CT molecular complexity index is 510. The third kappa shape index (κ3) is 4.09. The fraction of sp³-hybridized carbons (Fsp3) is 0.600. The number of carbonyl (C=O) groups is 1. The molecule has 120 valence electrons. The zero-order valence-electron chi connectivity index (χ0n) is 10.6. The number of carbonyl (C=O) groups excluding carboxylic acids is 1. The highest BCUT2D eigenvalue weighted by molar-refractivity contribution is 5.77. The molecule has 1 heterocycles. The van der Waals surface area contributed by atoms with Crippen LogP contribution in [0.3, 0.4) is 0 Å². The Balaban J connectivity index is 2.96. The number of nitrogens with one attached hydrogen (secondary N) is 1. The molecule has 1 rings (SSSR count).